The lowest BCUT2D eigenvalue weighted by Crippen LogP contribution is -2.37. The Morgan fingerprint density at radius 1 is 1.35 bits per heavy atom. The van der Waals surface area contributed by atoms with Gasteiger partial charge in [-0.05, 0) is 19.3 Å². The van der Waals surface area contributed by atoms with Crippen LogP contribution in [0.1, 0.15) is 62.7 Å². The molecular formula is C17H24N4O2. The third-order valence-electron chi connectivity index (χ3n) is 4.72. The second-order valence-electron chi connectivity index (χ2n) is 6.39. The molecule has 6 nitrogen and oxygen atoms in total. The molecule has 0 aliphatic carbocycles. The number of carbonyl (C=O) groups excluding carboxylic acids is 2. The molecule has 0 saturated carbocycles. The molecule has 3 rings (SSSR count). The quantitative estimate of drug-likeness (QED) is 0.853. The van der Waals surface area contributed by atoms with Gasteiger partial charge in [-0.3, -0.25) is 9.59 Å². The van der Waals surface area contributed by atoms with Gasteiger partial charge in [0.05, 0.1) is 11.7 Å². The molecule has 1 saturated heterocycles. The second-order valence-corrected chi connectivity index (χ2v) is 6.39. The van der Waals surface area contributed by atoms with E-state index in [4.69, 9.17) is 4.98 Å². The largest absolute Gasteiger partial charge is 0.338 e. The highest BCUT2D eigenvalue weighted by molar-refractivity contribution is 5.76. The summed E-state index contributed by atoms with van der Waals surface area (Å²) in [5.41, 5.74) is 2.07. The Hall–Kier alpha value is -1.98. The lowest BCUT2D eigenvalue weighted by Gasteiger charge is -2.29. The van der Waals surface area contributed by atoms with E-state index in [0.717, 1.165) is 55.9 Å². The van der Waals surface area contributed by atoms with E-state index in [1.165, 1.54) is 0 Å². The molecule has 2 aliphatic rings. The number of hydrogen-bond donors (Lipinski definition) is 0. The van der Waals surface area contributed by atoms with Gasteiger partial charge in [0.25, 0.3) is 0 Å². The Bertz CT molecular complexity index is 617. The normalized spacial score (nSPS) is 20.5. The summed E-state index contributed by atoms with van der Waals surface area (Å²) in [4.78, 5) is 36.8. The topological polar surface area (TPSA) is 66.4 Å². The molecule has 0 radical (unpaired) electrons. The number of rotatable bonds is 3. The van der Waals surface area contributed by atoms with E-state index >= 15 is 0 Å². The number of nitrogens with zero attached hydrogens (tertiary/aromatic N) is 4. The van der Waals surface area contributed by atoms with E-state index in [0.29, 0.717) is 13.0 Å². The molecule has 23 heavy (non-hydrogen) atoms. The smallest absolute Gasteiger partial charge is 0.222 e. The Labute approximate surface area is 136 Å². The molecule has 0 unspecified atom stereocenters. The van der Waals surface area contributed by atoms with E-state index in [-0.39, 0.29) is 17.9 Å². The molecule has 1 aromatic heterocycles. The maximum atomic E-state index is 12.0. The fourth-order valence-electron chi connectivity index (χ4n) is 3.49. The number of hydrogen-bond acceptors (Lipinski definition) is 4. The van der Waals surface area contributed by atoms with Gasteiger partial charge in [0.2, 0.25) is 11.8 Å². The van der Waals surface area contributed by atoms with Crippen LogP contribution in [-0.2, 0) is 22.6 Å². The molecule has 0 bridgehead atoms. The summed E-state index contributed by atoms with van der Waals surface area (Å²) in [6.45, 7) is 5.75. The third-order valence-corrected chi connectivity index (χ3v) is 4.72. The van der Waals surface area contributed by atoms with Gasteiger partial charge in [0.1, 0.15) is 0 Å². The van der Waals surface area contributed by atoms with Gasteiger partial charge in [-0.15, -0.1) is 0 Å². The first-order valence-corrected chi connectivity index (χ1v) is 8.49. The first-order valence-electron chi connectivity index (χ1n) is 8.49. The maximum absolute atomic E-state index is 12.0. The van der Waals surface area contributed by atoms with Gasteiger partial charge < -0.3 is 9.80 Å². The minimum absolute atomic E-state index is 0.0116. The molecule has 124 valence electrons. The highest BCUT2D eigenvalue weighted by Gasteiger charge is 2.31. The van der Waals surface area contributed by atoms with Crippen molar-refractivity contribution in [3.63, 3.8) is 0 Å². The van der Waals surface area contributed by atoms with Crippen molar-refractivity contribution in [3.8, 4) is 0 Å². The maximum Gasteiger partial charge on any atom is 0.222 e. The van der Waals surface area contributed by atoms with E-state index in [2.05, 4.69) is 4.98 Å². The average Bonchev–Trinajstić information content (AvgIpc) is 3.04. The van der Waals surface area contributed by atoms with Crippen LogP contribution in [0.15, 0.2) is 6.20 Å². The van der Waals surface area contributed by atoms with Gasteiger partial charge in [0, 0.05) is 51.2 Å². The number of amides is 2. The van der Waals surface area contributed by atoms with Crippen LogP contribution < -0.4 is 0 Å². The Morgan fingerprint density at radius 2 is 2.17 bits per heavy atom. The molecule has 1 aromatic rings. The summed E-state index contributed by atoms with van der Waals surface area (Å²) >= 11 is 0. The van der Waals surface area contributed by atoms with Crippen LogP contribution in [0.4, 0.5) is 0 Å². The summed E-state index contributed by atoms with van der Waals surface area (Å²) in [5.74, 6) is 1.05. The predicted octanol–water partition coefficient (Wildman–Crippen LogP) is 1.84. The van der Waals surface area contributed by atoms with Gasteiger partial charge in [0.15, 0.2) is 5.82 Å². The number of carbonyl (C=O) groups is 2. The first kappa shape index (κ1) is 15.9. The minimum Gasteiger partial charge on any atom is -0.338 e. The van der Waals surface area contributed by atoms with E-state index in [9.17, 15) is 9.59 Å². The van der Waals surface area contributed by atoms with Gasteiger partial charge in [-0.25, -0.2) is 9.97 Å². The van der Waals surface area contributed by atoms with Crippen LogP contribution >= 0.6 is 0 Å². The van der Waals surface area contributed by atoms with Crippen molar-refractivity contribution in [2.24, 2.45) is 0 Å². The van der Waals surface area contributed by atoms with E-state index < -0.39 is 0 Å². The van der Waals surface area contributed by atoms with E-state index in [1.54, 1.807) is 6.92 Å². The van der Waals surface area contributed by atoms with Gasteiger partial charge in [-0.2, -0.15) is 0 Å². The summed E-state index contributed by atoms with van der Waals surface area (Å²) in [7, 11) is 0. The van der Waals surface area contributed by atoms with Crippen LogP contribution in [-0.4, -0.2) is 44.7 Å². The summed E-state index contributed by atoms with van der Waals surface area (Å²) < 4.78 is 0. The van der Waals surface area contributed by atoms with Crippen molar-refractivity contribution >= 4 is 11.8 Å². The average molecular weight is 316 g/mol. The van der Waals surface area contributed by atoms with Crippen molar-refractivity contribution in [3.05, 3.63) is 23.3 Å². The van der Waals surface area contributed by atoms with Crippen molar-refractivity contribution < 1.29 is 9.59 Å². The Kier molecular flexibility index (Phi) is 4.59. The lowest BCUT2D eigenvalue weighted by molar-refractivity contribution is -0.132. The number of aromatic nitrogens is 2. The zero-order chi connectivity index (χ0) is 16.4. The zero-order valence-corrected chi connectivity index (χ0v) is 13.9. The molecule has 3 heterocycles. The number of likely N-dealkylation sites (tertiary alicyclic amines) is 1. The van der Waals surface area contributed by atoms with Crippen LogP contribution in [0, 0.1) is 0 Å². The molecule has 2 amide bonds. The summed E-state index contributed by atoms with van der Waals surface area (Å²) in [6, 6.07) is 0.0116. The molecule has 1 atom stereocenters. The summed E-state index contributed by atoms with van der Waals surface area (Å²) in [6.07, 6.45) is 6.03. The molecule has 0 N–H and O–H groups in total. The van der Waals surface area contributed by atoms with Gasteiger partial charge >= 0.3 is 0 Å². The second kappa shape index (κ2) is 6.64. The Morgan fingerprint density at radius 3 is 2.91 bits per heavy atom. The molecular weight excluding hydrogens is 292 g/mol. The molecule has 0 spiro atoms. The molecule has 2 aliphatic heterocycles. The highest BCUT2D eigenvalue weighted by Crippen LogP contribution is 2.30. The first-order chi connectivity index (χ1) is 11.1. The van der Waals surface area contributed by atoms with Crippen LogP contribution in [0.25, 0.3) is 0 Å². The monoisotopic (exact) mass is 316 g/mol. The third kappa shape index (κ3) is 3.21. The zero-order valence-electron chi connectivity index (χ0n) is 13.9. The molecule has 6 heteroatoms. The fourth-order valence-corrected chi connectivity index (χ4v) is 3.49. The Balaban J connectivity index is 1.77. The highest BCUT2D eigenvalue weighted by atomic mass is 16.2. The minimum atomic E-state index is 0.0116. The van der Waals surface area contributed by atoms with Crippen molar-refractivity contribution in [2.75, 3.05) is 13.1 Å². The predicted molar refractivity (Wildman–Crippen MR) is 85.4 cm³/mol. The van der Waals surface area contributed by atoms with Crippen LogP contribution in [0.5, 0.6) is 0 Å². The van der Waals surface area contributed by atoms with Crippen LogP contribution in [0.2, 0.25) is 0 Å². The van der Waals surface area contributed by atoms with Crippen molar-refractivity contribution in [2.45, 2.75) is 58.5 Å². The summed E-state index contributed by atoms with van der Waals surface area (Å²) in [5, 5.41) is 0. The lowest BCUT2D eigenvalue weighted by atomic mass is 10.1. The van der Waals surface area contributed by atoms with Crippen molar-refractivity contribution in [1.29, 1.82) is 0 Å². The van der Waals surface area contributed by atoms with Gasteiger partial charge in [-0.1, -0.05) is 6.92 Å². The van der Waals surface area contributed by atoms with Crippen molar-refractivity contribution in [1.82, 2.24) is 19.8 Å². The number of fused-ring (bicyclic) bond motifs is 1. The van der Waals surface area contributed by atoms with E-state index in [1.807, 2.05) is 22.9 Å². The SMILES string of the molecule is CCCC(=O)N1CCc2nc([C@H]3CCCN3C(C)=O)ncc2C1. The fraction of sp³-hybridized carbons (Fsp3) is 0.647. The molecule has 1 fully saturated rings. The molecule has 0 aromatic carbocycles. The van der Waals surface area contributed by atoms with Crippen LogP contribution in [0.3, 0.4) is 0 Å². The standard InChI is InChI=1S/C17H24N4O2/c1-3-5-16(23)20-9-7-14-13(11-20)10-18-17(19-14)15-6-4-8-21(15)12(2)22/h10,15H,3-9,11H2,1-2H3/t15-/m1/s1.